The van der Waals surface area contributed by atoms with E-state index < -0.39 is 35.4 Å². The van der Waals surface area contributed by atoms with Crippen molar-refractivity contribution in [3.63, 3.8) is 0 Å². The van der Waals surface area contributed by atoms with Crippen LogP contribution in [0.1, 0.15) is 49.1 Å². The van der Waals surface area contributed by atoms with E-state index in [0.29, 0.717) is 23.4 Å². The number of aromatic nitrogens is 2. The fraction of sp³-hybridized carbons (Fsp3) is 0.216. The topological polar surface area (TPSA) is 85.3 Å². The Morgan fingerprint density at radius 1 is 0.844 bits per heavy atom. The van der Waals surface area contributed by atoms with Gasteiger partial charge in [-0.2, -0.15) is 5.10 Å². The van der Waals surface area contributed by atoms with Crippen molar-refractivity contribution in [2.75, 3.05) is 5.32 Å². The Morgan fingerprint density at radius 3 is 1.98 bits per heavy atom. The van der Waals surface area contributed by atoms with Gasteiger partial charge in [-0.3, -0.25) is 9.48 Å². The minimum atomic E-state index is -1.08. The number of carbonyl (C=O) groups is 2. The summed E-state index contributed by atoms with van der Waals surface area (Å²) in [6, 6.07) is 32.3. The van der Waals surface area contributed by atoms with Crippen LogP contribution < -0.4 is 10.6 Å². The Kier molecular flexibility index (Phi) is 9.42. The molecule has 230 valence electrons. The van der Waals surface area contributed by atoms with Crippen LogP contribution in [0.3, 0.4) is 0 Å². The van der Waals surface area contributed by atoms with Crippen LogP contribution in [-0.4, -0.2) is 33.4 Å². The number of benzene rings is 4. The van der Waals surface area contributed by atoms with Gasteiger partial charge in [-0.1, -0.05) is 91.0 Å². The van der Waals surface area contributed by atoms with E-state index in [2.05, 4.69) is 15.7 Å². The van der Waals surface area contributed by atoms with Crippen LogP contribution in [0.15, 0.2) is 115 Å². The molecular formula is C37H37FN4O3. The predicted octanol–water partition coefficient (Wildman–Crippen LogP) is 7.71. The van der Waals surface area contributed by atoms with E-state index in [4.69, 9.17) is 4.74 Å². The third-order valence-electron chi connectivity index (χ3n) is 7.27. The van der Waals surface area contributed by atoms with E-state index in [0.717, 1.165) is 16.7 Å². The first-order chi connectivity index (χ1) is 21.6. The monoisotopic (exact) mass is 604 g/mol. The largest absolute Gasteiger partial charge is 0.444 e. The molecule has 0 saturated heterocycles. The fourth-order valence-corrected chi connectivity index (χ4v) is 5.30. The molecule has 0 radical (unpaired) electrons. The van der Waals surface area contributed by atoms with Crippen molar-refractivity contribution in [1.29, 1.82) is 0 Å². The molecule has 5 aromatic rings. The number of halogens is 1. The Hall–Kier alpha value is -5.24. The zero-order valence-corrected chi connectivity index (χ0v) is 25.8. The summed E-state index contributed by atoms with van der Waals surface area (Å²) >= 11 is 0. The molecule has 0 bridgehead atoms. The average molecular weight is 605 g/mol. The Morgan fingerprint density at radius 2 is 1.42 bits per heavy atom. The molecule has 0 aliphatic rings. The summed E-state index contributed by atoms with van der Waals surface area (Å²) in [7, 11) is 0. The molecule has 0 fully saturated rings. The quantitative estimate of drug-likeness (QED) is 0.181. The molecule has 4 aromatic carbocycles. The number of hydrogen-bond acceptors (Lipinski definition) is 4. The molecule has 7 nitrogen and oxygen atoms in total. The second-order valence-corrected chi connectivity index (χ2v) is 11.9. The summed E-state index contributed by atoms with van der Waals surface area (Å²) in [6.07, 6.45) is 1.09. The number of carbonyl (C=O) groups excluding carboxylic acids is 2. The van der Waals surface area contributed by atoms with Crippen molar-refractivity contribution in [1.82, 2.24) is 15.1 Å². The Balaban J connectivity index is 1.43. The van der Waals surface area contributed by atoms with E-state index in [1.807, 2.05) is 104 Å². The number of anilines is 1. The smallest absolute Gasteiger partial charge is 0.408 e. The molecule has 0 saturated carbocycles. The SMILES string of the molecule is Cc1nn(Cc2ccccc2)cc1-c1ccc(NC(=O)[C@@H](NC(=O)OC(C)(C)C)C(c2ccccc2)c2ccccc2)cc1F. The molecule has 0 spiro atoms. The highest BCUT2D eigenvalue weighted by molar-refractivity contribution is 5.98. The zero-order chi connectivity index (χ0) is 32.0. The highest BCUT2D eigenvalue weighted by Crippen LogP contribution is 2.31. The van der Waals surface area contributed by atoms with E-state index >= 15 is 4.39 Å². The predicted molar refractivity (Wildman–Crippen MR) is 174 cm³/mol. The lowest BCUT2D eigenvalue weighted by Gasteiger charge is -2.29. The Labute approximate surface area is 263 Å². The number of nitrogens with one attached hydrogen (secondary N) is 2. The van der Waals surface area contributed by atoms with E-state index in [1.165, 1.54) is 6.07 Å². The summed E-state index contributed by atoms with van der Waals surface area (Å²) in [4.78, 5) is 27.0. The maximum Gasteiger partial charge on any atom is 0.408 e. The van der Waals surface area contributed by atoms with Gasteiger partial charge in [0.2, 0.25) is 5.91 Å². The van der Waals surface area contributed by atoms with Crippen LogP contribution in [-0.2, 0) is 16.1 Å². The molecule has 0 aliphatic heterocycles. The molecular weight excluding hydrogens is 567 g/mol. The average Bonchev–Trinajstić information content (AvgIpc) is 3.36. The van der Waals surface area contributed by atoms with Gasteiger partial charge in [0.15, 0.2) is 0 Å². The second-order valence-electron chi connectivity index (χ2n) is 11.9. The summed E-state index contributed by atoms with van der Waals surface area (Å²) in [5.41, 5.74) is 3.95. The summed E-state index contributed by atoms with van der Waals surface area (Å²) in [6.45, 7) is 7.67. The first-order valence-electron chi connectivity index (χ1n) is 14.9. The van der Waals surface area contributed by atoms with Gasteiger partial charge in [0.25, 0.3) is 0 Å². The second kappa shape index (κ2) is 13.6. The normalized spacial score (nSPS) is 12.0. The molecule has 1 aromatic heterocycles. The molecule has 1 atom stereocenters. The number of aryl methyl sites for hydroxylation is 1. The van der Waals surface area contributed by atoms with E-state index in [1.54, 1.807) is 37.6 Å². The van der Waals surface area contributed by atoms with Crippen LogP contribution in [0.4, 0.5) is 14.9 Å². The molecule has 45 heavy (non-hydrogen) atoms. The molecule has 5 rings (SSSR count). The van der Waals surface area contributed by atoms with Crippen molar-refractivity contribution in [3.05, 3.63) is 144 Å². The third-order valence-corrected chi connectivity index (χ3v) is 7.27. The van der Waals surface area contributed by atoms with Crippen molar-refractivity contribution in [2.24, 2.45) is 0 Å². The maximum absolute atomic E-state index is 15.6. The van der Waals surface area contributed by atoms with Gasteiger partial charge in [-0.05, 0) is 62.6 Å². The van der Waals surface area contributed by atoms with Crippen LogP contribution in [0, 0.1) is 12.7 Å². The van der Waals surface area contributed by atoms with Crippen molar-refractivity contribution in [3.8, 4) is 11.1 Å². The summed E-state index contributed by atoms with van der Waals surface area (Å²) in [5, 5.41) is 10.2. The van der Waals surface area contributed by atoms with Crippen LogP contribution in [0.5, 0.6) is 0 Å². The summed E-state index contributed by atoms with van der Waals surface area (Å²) < 4.78 is 22.9. The number of alkyl carbamates (subject to hydrolysis) is 1. The number of amides is 2. The lowest BCUT2D eigenvalue weighted by molar-refractivity contribution is -0.118. The first kappa shape index (κ1) is 31.2. The van der Waals surface area contributed by atoms with Gasteiger partial charge in [-0.15, -0.1) is 0 Å². The highest BCUT2D eigenvalue weighted by Gasteiger charge is 2.34. The highest BCUT2D eigenvalue weighted by atomic mass is 19.1. The van der Waals surface area contributed by atoms with Gasteiger partial charge in [0, 0.05) is 28.9 Å². The van der Waals surface area contributed by atoms with Gasteiger partial charge in [0.05, 0.1) is 12.2 Å². The minimum Gasteiger partial charge on any atom is -0.444 e. The van der Waals surface area contributed by atoms with Crippen molar-refractivity contribution < 1.29 is 18.7 Å². The lowest BCUT2D eigenvalue weighted by Crippen LogP contribution is -2.49. The first-order valence-corrected chi connectivity index (χ1v) is 14.9. The van der Waals surface area contributed by atoms with Gasteiger partial charge >= 0.3 is 6.09 Å². The van der Waals surface area contributed by atoms with Gasteiger partial charge in [-0.25, -0.2) is 9.18 Å². The zero-order valence-electron chi connectivity index (χ0n) is 25.8. The van der Waals surface area contributed by atoms with Crippen LogP contribution in [0.25, 0.3) is 11.1 Å². The molecule has 0 aliphatic carbocycles. The Bertz CT molecular complexity index is 1710. The molecule has 2 amide bonds. The van der Waals surface area contributed by atoms with E-state index in [-0.39, 0.29) is 5.69 Å². The maximum atomic E-state index is 15.6. The number of rotatable bonds is 9. The minimum absolute atomic E-state index is 0.256. The van der Waals surface area contributed by atoms with E-state index in [9.17, 15) is 9.59 Å². The molecule has 1 heterocycles. The third kappa shape index (κ3) is 8.03. The lowest BCUT2D eigenvalue weighted by atomic mass is 9.84. The summed E-state index contributed by atoms with van der Waals surface area (Å²) in [5.74, 6) is -1.57. The molecule has 0 unspecified atom stereocenters. The van der Waals surface area contributed by atoms with Crippen LogP contribution >= 0.6 is 0 Å². The van der Waals surface area contributed by atoms with Crippen molar-refractivity contribution in [2.45, 2.75) is 51.8 Å². The van der Waals surface area contributed by atoms with Crippen molar-refractivity contribution >= 4 is 17.7 Å². The standard InChI is InChI=1S/C37H37FN4O3/c1-25-31(24-42(41-25)23-26-14-8-5-9-15-26)30-21-20-29(22-32(30)38)39-35(43)34(40-36(44)45-37(2,3)4)33(27-16-10-6-11-17-27)28-18-12-7-13-19-28/h5-22,24,33-34H,23H2,1-4H3,(H,39,43)(H,40,44)/t34-/m0/s1. The number of hydrogen-bond donors (Lipinski definition) is 2. The fourth-order valence-electron chi connectivity index (χ4n) is 5.30. The van der Waals surface area contributed by atoms with Gasteiger partial charge < -0.3 is 15.4 Å². The van der Waals surface area contributed by atoms with Crippen LogP contribution in [0.2, 0.25) is 0 Å². The molecule has 8 heteroatoms. The van der Waals surface area contributed by atoms with Gasteiger partial charge in [0.1, 0.15) is 17.5 Å². The molecule has 2 N–H and O–H groups in total. The number of ether oxygens (including phenoxy) is 1. The number of nitrogens with zero attached hydrogens (tertiary/aromatic N) is 2.